The first-order valence-electron chi connectivity index (χ1n) is 5.61. The van der Waals surface area contributed by atoms with Gasteiger partial charge in [0.2, 0.25) is 5.91 Å². The molecule has 2 N–H and O–H groups in total. The minimum Gasteiger partial charge on any atom is -0.343 e. The molecule has 0 radical (unpaired) electrons. The van der Waals surface area contributed by atoms with Crippen LogP contribution in [-0.4, -0.2) is 29.4 Å². The molecular formula is C12H26N2O. The Bertz CT molecular complexity index is 228. The van der Waals surface area contributed by atoms with Gasteiger partial charge in [-0.05, 0) is 41.0 Å². The summed E-state index contributed by atoms with van der Waals surface area (Å²) in [6.07, 6.45) is 0.962. The van der Waals surface area contributed by atoms with E-state index in [0.717, 1.165) is 6.42 Å². The maximum absolute atomic E-state index is 12.3. The van der Waals surface area contributed by atoms with Gasteiger partial charge in [-0.1, -0.05) is 6.92 Å². The number of carbonyl (C=O) groups is 1. The Morgan fingerprint density at radius 1 is 1.33 bits per heavy atom. The van der Waals surface area contributed by atoms with Crippen molar-refractivity contribution >= 4 is 5.91 Å². The van der Waals surface area contributed by atoms with Crippen LogP contribution in [0.25, 0.3) is 0 Å². The van der Waals surface area contributed by atoms with E-state index in [1.165, 1.54) is 0 Å². The van der Waals surface area contributed by atoms with Crippen LogP contribution in [-0.2, 0) is 4.79 Å². The van der Waals surface area contributed by atoms with Crippen molar-refractivity contribution in [2.24, 2.45) is 11.1 Å². The van der Waals surface area contributed by atoms with Gasteiger partial charge >= 0.3 is 0 Å². The highest BCUT2D eigenvalue weighted by Gasteiger charge is 2.42. The maximum Gasteiger partial charge on any atom is 0.230 e. The minimum absolute atomic E-state index is 0.115. The number of hydrogen-bond donors (Lipinski definition) is 1. The van der Waals surface area contributed by atoms with Crippen LogP contribution in [0.15, 0.2) is 0 Å². The molecule has 3 heteroatoms. The fourth-order valence-electron chi connectivity index (χ4n) is 1.19. The number of rotatable bonds is 4. The summed E-state index contributed by atoms with van der Waals surface area (Å²) in [7, 11) is 1.85. The molecule has 1 amide bonds. The normalized spacial score (nSPS) is 14.9. The fourth-order valence-corrected chi connectivity index (χ4v) is 1.19. The smallest absolute Gasteiger partial charge is 0.230 e. The Kier molecular flexibility index (Phi) is 4.35. The van der Waals surface area contributed by atoms with Crippen molar-refractivity contribution in [3.05, 3.63) is 0 Å². The molecule has 0 aromatic heterocycles. The zero-order valence-electron chi connectivity index (χ0n) is 11.2. The summed E-state index contributed by atoms with van der Waals surface area (Å²) >= 11 is 0. The highest BCUT2D eigenvalue weighted by atomic mass is 16.2. The second-order valence-electron chi connectivity index (χ2n) is 5.52. The SMILES string of the molecule is CCC(C)N(C)C(=O)C(C)(C)C(C)(C)N. The molecule has 1 atom stereocenters. The first kappa shape index (κ1) is 14.4. The highest BCUT2D eigenvalue weighted by molar-refractivity contribution is 5.83. The lowest BCUT2D eigenvalue weighted by atomic mass is 9.74. The van der Waals surface area contributed by atoms with Gasteiger partial charge in [0.05, 0.1) is 5.41 Å². The van der Waals surface area contributed by atoms with Crippen LogP contribution in [0.4, 0.5) is 0 Å². The van der Waals surface area contributed by atoms with E-state index in [-0.39, 0.29) is 11.9 Å². The molecule has 3 nitrogen and oxygen atoms in total. The number of nitrogens with two attached hydrogens (primary N) is 1. The predicted octanol–water partition coefficient (Wildman–Crippen LogP) is 2.01. The average Bonchev–Trinajstić information content (AvgIpc) is 2.12. The average molecular weight is 214 g/mol. The van der Waals surface area contributed by atoms with E-state index in [2.05, 4.69) is 13.8 Å². The van der Waals surface area contributed by atoms with Crippen LogP contribution in [0.5, 0.6) is 0 Å². The molecule has 0 aromatic carbocycles. The number of nitrogens with zero attached hydrogens (tertiary/aromatic N) is 1. The van der Waals surface area contributed by atoms with Gasteiger partial charge in [-0.3, -0.25) is 4.79 Å². The Hall–Kier alpha value is -0.570. The standard InChI is InChI=1S/C12H26N2O/c1-8-9(2)14(7)10(15)11(3,4)12(5,6)13/h9H,8,13H2,1-7H3. The van der Waals surface area contributed by atoms with Gasteiger partial charge < -0.3 is 10.6 Å². The van der Waals surface area contributed by atoms with Crippen molar-refractivity contribution in [3.8, 4) is 0 Å². The van der Waals surface area contributed by atoms with Crippen molar-refractivity contribution in [1.29, 1.82) is 0 Å². The zero-order valence-corrected chi connectivity index (χ0v) is 11.2. The lowest BCUT2D eigenvalue weighted by molar-refractivity contribution is -0.144. The van der Waals surface area contributed by atoms with E-state index >= 15 is 0 Å². The zero-order chi connectivity index (χ0) is 12.4. The van der Waals surface area contributed by atoms with Crippen molar-refractivity contribution in [2.45, 2.75) is 59.5 Å². The summed E-state index contributed by atoms with van der Waals surface area (Å²) in [6, 6.07) is 0.263. The van der Waals surface area contributed by atoms with Crippen LogP contribution >= 0.6 is 0 Å². The lowest BCUT2D eigenvalue weighted by Crippen LogP contribution is -2.57. The van der Waals surface area contributed by atoms with E-state index in [4.69, 9.17) is 5.73 Å². The Morgan fingerprint density at radius 2 is 1.73 bits per heavy atom. The molecule has 1 unspecified atom stereocenters. The molecule has 0 fully saturated rings. The summed E-state index contributed by atoms with van der Waals surface area (Å²) in [5.41, 5.74) is 5.00. The summed E-state index contributed by atoms with van der Waals surface area (Å²) in [5, 5.41) is 0. The van der Waals surface area contributed by atoms with E-state index in [0.29, 0.717) is 0 Å². The van der Waals surface area contributed by atoms with E-state index in [1.54, 1.807) is 4.90 Å². The molecule has 0 spiro atoms. The predicted molar refractivity (Wildman–Crippen MR) is 64.6 cm³/mol. The largest absolute Gasteiger partial charge is 0.343 e. The summed E-state index contributed by atoms with van der Waals surface area (Å²) < 4.78 is 0. The monoisotopic (exact) mass is 214 g/mol. The van der Waals surface area contributed by atoms with Crippen molar-refractivity contribution in [3.63, 3.8) is 0 Å². The summed E-state index contributed by atoms with van der Waals surface area (Å²) in [6.45, 7) is 11.7. The number of amides is 1. The maximum atomic E-state index is 12.3. The minimum atomic E-state index is -0.537. The molecule has 0 aliphatic rings. The first-order valence-corrected chi connectivity index (χ1v) is 5.61. The second kappa shape index (κ2) is 4.52. The van der Waals surface area contributed by atoms with Crippen LogP contribution in [0.1, 0.15) is 48.0 Å². The topological polar surface area (TPSA) is 46.3 Å². The first-order chi connectivity index (χ1) is 6.55. The van der Waals surface area contributed by atoms with Gasteiger partial charge in [0.25, 0.3) is 0 Å². The molecule has 0 heterocycles. The summed E-state index contributed by atoms with van der Waals surface area (Å²) in [4.78, 5) is 14.1. The number of carbonyl (C=O) groups excluding carboxylic acids is 1. The molecule has 0 aliphatic carbocycles. The van der Waals surface area contributed by atoms with Crippen molar-refractivity contribution in [1.82, 2.24) is 4.90 Å². The van der Waals surface area contributed by atoms with E-state index in [9.17, 15) is 4.79 Å². The van der Waals surface area contributed by atoms with Gasteiger partial charge in [-0.25, -0.2) is 0 Å². The van der Waals surface area contributed by atoms with E-state index in [1.807, 2.05) is 34.7 Å². The van der Waals surface area contributed by atoms with Crippen molar-refractivity contribution < 1.29 is 4.79 Å². The highest BCUT2D eigenvalue weighted by Crippen LogP contribution is 2.30. The molecule has 0 saturated carbocycles. The van der Waals surface area contributed by atoms with Crippen LogP contribution in [0.3, 0.4) is 0 Å². The van der Waals surface area contributed by atoms with E-state index < -0.39 is 11.0 Å². The molecule has 0 rings (SSSR count). The third-order valence-electron chi connectivity index (χ3n) is 3.72. The molecule has 0 aromatic rings. The quantitative estimate of drug-likeness (QED) is 0.778. The Labute approximate surface area is 94.0 Å². The van der Waals surface area contributed by atoms with Crippen LogP contribution < -0.4 is 5.73 Å². The fraction of sp³-hybridized carbons (Fsp3) is 0.917. The van der Waals surface area contributed by atoms with Gasteiger partial charge in [0.15, 0.2) is 0 Å². The molecule has 0 bridgehead atoms. The van der Waals surface area contributed by atoms with Gasteiger partial charge in [-0.2, -0.15) is 0 Å². The Morgan fingerprint density at radius 3 is 2.00 bits per heavy atom. The lowest BCUT2D eigenvalue weighted by Gasteiger charge is -2.41. The summed E-state index contributed by atoms with van der Waals surface area (Å²) in [5.74, 6) is 0.115. The molecule has 90 valence electrons. The van der Waals surface area contributed by atoms with Crippen LogP contribution in [0, 0.1) is 5.41 Å². The molecule has 0 aliphatic heterocycles. The molecule has 15 heavy (non-hydrogen) atoms. The van der Waals surface area contributed by atoms with Gasteiger partial charge in [0.1, 0.15) is 0 Å². The second-order valence-corrected chi connectivity index (χ2v) is 5.52. The third-order valence-corrected chi connectivity index (χ3v) is 3.72. The number of hydrogen-bond acceptors (Lipinski definition) is 2. The van der Waals surface area contributed by atoms with Gasteiger partial charge in [-0.15, -0.1) is 0 Å². The molecular weight excluding hydrogens is 188 g/mol. The van der Waals surface area contributed by atoms with Crippen LogP contribution in [0.2, 0.25) is 0 Å². The Balaban J connectivity index is 4.86. The van der Waals surface area contributed by atoms with Gasteiger partial charge in [0, 0.05) is 18.6 Å². The third kappa shape index (κ3) is 2.94. The van der Waals surface area contributed by atoms with Crippen molar-refractivity contribution in [2.75, 3.05) is 7.05 Å². The molecule has 0 saturated heterocycles.